The fraction of sp³-hybridized carbons (Fsp3) is 0.500. The number of allylic oxidation sites excluding steroid dienone is 1. The molecule has 172 valence electrons. The molecular weight excluding hydrogens is 428 g/mol. The van der Waals surface area contributed by atoms with E-state index in [9.17, 15) is 14.4 Å². The van der Waals surface area contributed by atoms with E-state index in [2.05, 4.69) is 16.3 Å². The molecule has 0 saturated carbocycles. The van der Waals surface area contributed by atoms with Gasteiger partial charge < -0.3 is 16.0 Å². The number of hydrogen-bond donors (Lipinski definition) is 2. The summed E-state index contributed by atoms with van der Waals surface area (Å²) in [6, 6.07) is 1.78. The van der Waals surface area contributed by atoms with Gasteiger partial charge in [-0.2, -0.15) is 11.3 Å². The maximum atomic E-state index is 13.5. The Bertz CT molecular complexity index is 1150. The summed E-state index contributed by atoms with van der Waals surface area (Å²) in [5.41, 5.74) is 7.30. The molecule has 2 unspecified atom stereocenters. The second kappa shape index (κ2) is 9.05. The third kappa shape index (κ3) is 4.17. The number of piperidine rings is 1. The van der Waals surface area contributed by atoms with E-state index in [-0.39, 0.29) is 24.7 Å². The standard InChI is InChI=1S/C22H30N6O3S/c1-14(2)6-9-27-18-19(24-21(27)26-8-4-5-16(23)11-26)25(3)22(31)28(20(18)30)12-17(29)15-7-10-32-13-15/h6-7,10,13,16,21,24H,4-5,8-9,11-12,23H2,1-3H3. The molecule has 0 radical (unpaired) electrons. The zero-order chi connectivity index (χ0) is 23.0. The van der Waals surface area contributed by atoms with Gasteiger partial charge in [-0.3, -0.25) is 23.6 Å². The van der Waals surface area contributed by atoms with Gasteiger partial charge in [-0.1, -0.05) is 11.6 Å². The van der Waals surface area contributed by atoms with Crippen LogP contribution in [0.1, 0.15) is 37.0 Å². The van der Waals surface area contributed by atoms with Gasteiger partial charge in [0.25, 0.3) is 5.56 Å². The van der Waals surface area contributed by atoms with Crippen LogP contribution in [0.3, 0.4) is 0 Å². The Hall–Kier alpha value is -2.69. The highest BCUT2D eigenvalue weighted by Crippen LogP contribution is 2.32. The number of aromatic nitrogens is 2. The lowest BCUT2D eigenvalue weighted by molar-refractivity contribution is 0.0969. The number of carbonyl (C=O) groups excluding carboxylic acids is 1. The van der Waals surface area contributed by atoms with Gasteiger partial charge in [-0.15, -0.1) is 0 Å². The quantitative estimate of drug-likeness (QED) is 0.498. The molecule has 2 aromatic rings. The first-order valence-electron chi connectivity index (χ1n) is 10.8. The Morgan fingerprint density at radius 1 is 1.34 bits per heavy atom. The minimum Gasteiger partial charge on any atom is -0.337 e. The fourth-order valence-corrected chi connectivity index (χ4v) is 4.98. The monoisotopic (exact) mass is 458 g/mol. The lowest BCUT2D eigenvalue weighted by Gasteiger charge is -2.39. The summed E-state index contributed by atoms with van der Waals surface area (Å²) in [6.07, 6.45) is 3.72. The third-order valence-electron chi connectivity index (χ3n) is 6.05. The number of fused-ring (bicyclic) bond motifs is 1. The van der Waals surface area contributed by atoms with Crippen LogP contribution in [-0.4, -0.2) is 51.8 Å². The third-order valence-corrected chi connectivity index (χ3v) is 6.73. The molecule has 3 N–H and O–H groups in total. The van der Waals surface area contributed by atoms with Gasteiger partial charge >= 0.3 is 5.69 Å². The summed E-state index contributed by atoms with van der Waals surface area (Å²) in [5, 5.41) is 6.92. The smallest absolute Gasteiger partial charge is 0.332 e. The SMILES string of the molecule is CC(C)=CCN1c2c(n(C)c(=O)n(CC(=O)c3ccsc3)c2=O)NC1N1CCCC(N)C1. The Balaban J connectivity index is 1.77. The van der Waals surface area contributed by atoms with Crippen molar-refractivity contribution < 1.29 is 4.79 Å². The van der Waals surface area contributed by atoms with Gasteiger partial charge in [0.1, 0.15) is 11.5 Å². The van der Waals surface area contributed by atoms with E-state index in [4.69, 9.17) is 5.73 Å². The van der Waals surface area contributed by atoms with E-state index in [1.807, 2.05) is 18.7 Å². The molecular formula is C22H30N6O3S. The first-order valence-corrected chi connectivity index (χ1v) is 11.8. The number of rotatable bonds is 6. The molecule has 4 heterocycles. The zero-order valence-corrected chi connectivity index (χ0v) is 19.5. The highest BCUT2D eigenvalue weighted by atomic mass is 32.1. The number of ketones is 1. The van der Waals surface area contributed by atoms with Crippen LogP contribution < -0.4 is 27.2 Å². The first kappa shape index (κ1) is 22.5. The number of nitrogens with two attached hydrogens (primary N) is 1. The summed E-state index contributed by atoms with van der Waals surface area (Å²) in [4.78, 5) is 43.4. The molecule has 32 heavy (non-hydrogen) atoms. The van der Waals surface area contributed by atoms with Gasteiger partial charge in [0.15, 0.2) is 12.1 Å². The number of Topliss-reactive ketones (excluding diaryl/α,β-unsaturated/α-hetero) is 1. The Labute approximate surface area is 190 Å². The van der Waals surface area contributed by atoms with Crippen molar-refractivity contribution in [3.63, 3.8) is 0 Å². The molecule has 4 rings (SSSR count). The average Bonchev–Trinajstić information content (AvgIpc) is 3.42. The van der Waals surface area contributed by atoms with Crippen LogP contribution in [0.4, 0.5) is 11.5 Å². The molecule has 10 heteroatoms. The van der Waals surface area contributed by atoms with Crippen LogP contribution in [0, 0.1) is 0 Å². The fourth-order valence-electron chi connectivity index (χ4n) is 4.32. The van der Waals surface area contributed by atoms with Crippen molar-refractivity contribution in [3.05, 3.63) is 54.9 Å². The van der Waals surface area contributed by atoms with Crippen LogP contribution in [0.25, 0.3) is 0 Å². The molecule has 0 bridgehead atoms. The lowest BCUT2D eigenvalue weighted by atomic mass is 10.1. The second-order valence-corrected chi connectivity index (χ2v) is 9.49. The molecule has 2 aliphatic rings. The van der Waals surface area contributed by atoms with Crippen molar-refractivity contribution in [2.75, 3.05) is 29.9 Å². The molecule has 2 atom stereocenters. The van der Waals surface area contributed by atoms with E-state index in [1.54, 1.807) is 23.9 Å². The predicted molar refractivity (Wildman–Crippen MR) is 128 cm³/mol. The molecule has 0 amide bonds. The van der Waals surface area contributed by atoms with Crippen molar-refractivity contribution in [1.82, 2.24) is 14.0 Å². The van der Waals surface area contributed by atoms with E-state index < -0.39 is 11.2 Å². The van der Waals surface area contributed by atoms with E-state index in [0.29, 0.717) is 30.2 Å². The molecule has 1 fully saturated rings. The minimum atomic E-state index is -0.511. The molecule has 2 aromatic heterocycles. The van der Waals surface area contributed by atoms with Gasteiger partial charge in [0.05, 0.1) is 6.54 Å². The number of nitrogens with one attached hydrogen (secondary N) is 1. The van der Waals surface area contributed by atoms with E-state index >= 15 is 0 Å². The normalized spacial score (nSPS) is 20.7. The average molecular weight is 459 g/mol. The van der Waals surface area contributed by atoms with Gasteiger partial charge in [-0.25, -0.2) is 4.79 Å². The predicted octanol–water partition coefficient (Wildman–Crippen LogP) is 1.40. The van der Waals surface area contributed by atoms with Crippen molar-refractivity contribution in [2.24, 2.45) is 12.8 Å². The molecule has 0 aromatic carbocycles. The Morgan fingerprint density at radius 2 is 2.12 bits per heavy atom. The molecule has 2 aliphatic heterocycles. The highest BCUT2D eigenvalue weighted by Gasteiger charge is 2.39. The van der Waals surface area contributed by atoms with Gasteiger partial charge in [0.2, 0.25) is 0 Å². The largest absolute Gasteiger partial charge is 0.337 e. The topological polar surface area (TPSA) is 106 Å². The van der Waals surface area contributed by atoms with Crippen molar-refractivity contribution in [2.45, 2.75) is 45.6 Å². The number of thiophene rings is 1. The summed E-state index contributed by atoms with van der Waals surface area (Å²) < 4.78 is 2.47. The van der Waals surface area contributed by atoms with Gasteiger partial charge in [0, 0.05) is 43.7 Å². The van der Waals surface area contributed by atoms with Crippen LogP contribution in [-0.2, 0) is 13.6 Å². The van der Waals surface area contributed by atoms with E-state index in [0.717, 1.165) is 29.5 Å². The van der Waals surface area contributed by atoms with Crippen LogP contribution in [0.5, 0.6) is 0 Å². The van der Waals surface area contributed by atoms with Crippen LogP contribution in [0.15, 0.2) is 38.1 Å². The van der Waals surface area contributed by atoms with Gasteiger partial charge in [-0.05, 0) is 38.1 Å². The lowest BCUT2D eigenvalue weighted by Crippen LogP contribution is -2.56. The van der Waals surface area contributed by atoms with Crippen molar-refractivity contribution in [3.8, 4) is 0 Å². The first-order chi connectivity index (χ1) is 15.3. The van der Waals surface area contributed by atoms with Crippen molar-refractivity contribution in [1.29, 1.82) is 0 Å². The van der Waals surface area contributed by atoms with Crippen LogP contribution in [0.2, 0.25) is 0 Å². The molecule has 0 spiro atoms. The van der Waals surface area contributed by atoms with Crippen molar-refractivity contribution >= 4 is 28.6 Å². The molecule has 1 saturated heterocycles. The summed E-state index contributed by atoms with van der Waals surface area (Å²) in [6.45, 7) is 5.79. The second-order valence-electron chi connectivity index (χ2n) is 8.71. The summed E-state index contributed by atoms with van der Waals surface area (Å²) in [7, 11) is 1.63. The summed E-state index contributed by atoms with van der Waals surface area (Å²) in [5.74, 6) is 0.219. The molecule has 9 nitrogen and oxygen atoms in total. The number of carbonyl (C=O) groups is 1. The van der Waals surface area contributed by atoms with E-state index in [1.165, 1.54) is 15.9 Å². The highest BCUT2D eigenvalue weighted by molar-refractivity contribution is 7.08. The minimum absolute atomic E-state index is 0.0725. The molecule has 0 aliphatic carbocycles. The summed E-state index contributed by atoms with van der Waals surface area (Å²) >= 11 is 1.40. The number of likely N-dealkylation sites (tertiary alicyclic amines) is 1. The Kier molecular flexibility index (Phi) is 6.36. The zero-order valence-electron chi connectivity index (χ0n) is 18.7. The maximum absolute atomic E-state index is 13.5. The Morgan fingerprint density at radius 3 is 2.78 bits per heavy atom. The number of anilines is 2. The maximum Gasteiger partial charge on any atom is 0.332 e. The van der Waals surface area contributed by atoms with Crippen LogP contribution >= 0.6 is 11.3 Å². The number of hydrogen-bond acceptors (Lipinski definition) is 8. The number of nitrogens with zero attached hydrogens (tertiary/aromatic N) is 4.